The lowest BCUT2D eigenvalue weighted by atomic mass is 10.0. The fraction of sp³-hybridized carbons (Fsp3) is 0. The highest BCUT2D eigenvalue weighted by molar-refractivity contribution is 6.30. The molecule has 0 radical (unpaired) electrons. The van der Waals surface area contributed by atoms with Gasteiger partial charge in [-0.1, -0.05) is 28.9 Å². The summed E-state index contributed by atoms with van der Waals surface area (Å²) in [7, 11) is 0. The molecule has 0 spiro atoms. The summed E-state index contributed by atoms with van der Waals surface area (Å²) in [6.07, 6.45) is 1.64. The predicted octanol–water partition coefficient (Wildman–Crippen LogP) is 2.97. The molecule has 6 heteroatoms. The number of anilines is 1. The number of hydrogen-bond donors (Lipinski definition) is 2. The van der Waals surface area contributed by atoms with E-state index in [1.54, 1.807) is 18.3 Å². The first-order valence-corrected chi connectivity index (χ1v) is 5.64. The summed E-state index contributed by atoms with van der Waals surface area (Å²) in [5.41, 5.74) is 8.74. The number of nitrogens with one attached hydrogen (secondary N) is 1. The van der Waals surface area contributed by atoms with Crippen LogP contribution in [-0.2, 0) is 0 Å². The molecule has 90 valence electrons. The number of aromatic nitrogens is 3. The Morgan fingerprint density at radius 1 is 1.28 bits per heavy atom. The largest absolute Gasteiger partial charge is 0.367 e. The Morgan fingerprint density at radius 2 is 2.17 bits per heavy atom. The number of H-pyrrole nitrogens is 1. The zero-order chi connectivity index (χ0) is 12.5. The van der Waals surface area contributed by atoms with Crippen LogP contribution in [0.5, 0.6) is 0 Å². The van der Waals surface area contributed by atoms with Crippen molar-refractivity contribution < 1.29 is 4.52 Å². The smallest absolute Gasteiger partial charge is 0.230 e. The highest BCUT2D eigenvalue weighted by atomic mass is 35.5. The van der Waals surface area contributed by atoms with Crippen LogP contribution in [-0.4, -0.2) is 15.4 Å². The van der Waals surface area contributed by atoms with E-state index in [9.17, 15) is 0 Å². The Balaban J connectivity index is 2.20. The Hall–Kier alpha value is -2.27. The first-order valence-electron chi connectivity index (χ1n) is 5.26. The van der Waals surface area contributed by atoms with E-state index in [0.717, 1.165) is 11.3 Å². The highest BCUT2D eigenvalue weighted by Gasteiger charge is 2.18. The van der Waals surface area contributed by atoms with Crippen LogP contribution in [0.2, 0.25) is 5.02 Å². The van der Waals surface area contributed by atoms with Gasteiger partial charge in [0.2, 0.25) is 5.88 Å². The van der Waals surface area contributed by atoms with Crippen LogP contribution < -0.4 is 5.73 Å². The normalized spacial score (nSPS) is 10.7. The summed E-state index contributed by atoms with van der Waals surface area (Å²) in [4.78, 5) is 0. The molecule has 0 unspecified atom stereocenters. The minimum absolute atomic E-state index is 0.252. The van der Waals surface area contributed by atoms with E-state index in [0.29, 0.717) is 16.3 Å². The van der Waals surface area contributed by atoms with Crippen molar-refractivity contribution in [2.24, 2.45) is 0 Å². The van der Waals surface area contributed by atoms with Gasteiger partial charge in [-0.25, -0.2) is 0 Å². The molecule has 0 atom stereocenters. The maximum Gasteiger partial charge on any atom is 0.230 e. The zero-order valence-corrected chi connectivity index (χ0v) is 9.98. The third kappa shape index (κ3) is 1.74. The molecular formula is C12H9ClN4O. The average Bonchev–Trinajstić information content (AvgIpc) is 2.97. The van der Waals surface area contributed by atoms with E-state index in [2.05, 4.69) is 15.4 Å². The van der Waals surface area contributed by atoms with Gasteiger partial charge in [0.25, 0.3) is 0 Å². The Kier molecular flexibility index (Phi) is 2.53. The van der Waals surface area contributed by atoms with E-state index in [-0.39, 0.29) is 5.88 Å². The summed E-state index contributed by atoms with van der Waals surface area (Å²) in [6, 6.07) is 9.15. The topological polar surface area (TPSA) is 80.7 Å². The van der Waals surface area contributed by atoms with Gasteiger partial charge in [0, 0.05) is 11.2 Å². The van der Waals surface area contributed by atoms with Crippen LogP contribution in [0.4, 0.5) is 5.88 Å². The van der Waals surface area contributed by atoms with Crippen molar-refractivity contribution in [1.82, 2.24) is 15.4 Å². The zero-order valence-electron chi connectivity index (χ0n) is 9.22. The minimum Gasteiger partial charge on any atom is -0.367 e. The number of nitrogen functional groups attached to an aromatic ring is 1. The number of benzene rings is 1. The molecule has 1 aromatic carbocycles. The molecule has 0 bridgehead atoms. The fourth-order valence-corrected chi connectivity index (χ4v) is 1.99. The lowest BCUT2D eigenvalue weighted by Gasteiger charge is -2.01. The van der Waals surface area contributed by atoms with E-state index >= 15 is 0 Å². The summed E-state index contributed by atoms with van der Waals surface area (Å²) in [5, 5.41) is 11.3. The van der Waals surface area contributed by atoms with Gasteiger partial charge < -0.3 is 10.3 Å². The number of nitrogens with two attached hydrogens (primary N) is 1. The highest BCUT2D eigenvalue weighted by Crippen LogP contribution is 2.35. The van der Waals surface area contributed by atoms with Crippen LogP contribution in [0.25, 0.3) is 22.5 Å². The van der Waals surface area contributed by atoms with Gasteiger partial charge in [0.15, 0.2) is 0 Å². The van der Waals surface area contributed by atoms with Gasteiger partial charge in [-0.3, -0.25) is 5.10 Å². The van der Waals surface area contributed by atoms with Crippen molar-refractivity contribution in [2.45, 2.75) is 0 Å². The second kappa shape index (κ2) is 4.19. The lowest BCUT2D eigenvalue weighted by Crippen LogP contribution is -1.88. The fourth-order valence-electron chi connectivity index (χ4n) is 1.80. The molecule has 0 aliphatic heterocycles. The molecule has 2 heterocycles. The van der Waals surface area contributed by atoms with Gasteiger partial charge in [-0.2, -0.15) is 5.10 Å². The standard InChI is InChI=1S/C12H9ClN4O/c13-8-3-1-2-7(6-8)10-11(17-18-12(10)14)9-4-5-15-16-9/h1-6H,14H2,(H,15,16). The van der Waals surface area contributed by atoms with Crippen molar-refractivity contribution in [3.8, 4) is 22.5 Å². The molecule has 0 amide bonds. The molecule has 0 fully saturated rings. The van der Waals surface area contributed by atoms with Crippen molar-refractivity contribution >= 4 is 17.5 Å². The number of hydrogen-bond acceptors (Lipinski definition) is 4. The maximum absolute atomic E-state index is 5.98. The Bertz CT molecular complexity index is 675. The molecule has 18 heavy (non-hydrogen) atoms. The quantitative estimate of drug-likeness (QED) is 0.742. The molecule has 3 aromatic rings. The molecule has 0 aliphatic rings. The second-order valence-corrected chi connectivity index (χ2v) is 4.19. The van der Waals surface area contributed by atoms with Crippen molar-refractivity contribution in [2.75, 3.05) is 5.73 Å². The molecule has 2 aromatic heterocycles. The number of halogens is 1. The Morgan fingerprint density at radius 3 is 2.89 bits per heavy atom. The number of aromatic amines is 1. The number of rotatable bonds is 2. The Labute approximate surface area is 108 Å². The van der Waals surface area contributed by atoms with Crippen LogP contribution >= 0.6 is 11.6 Å². The second-order valence-electron chi connectivity index (χ2n) is 3.75. The van der Waals surface area contributed by atoms with Gasteiger partial charge >= 0.3 is 0 Å². The van der Waals surface area contributed by atoms with Crippen LogP contribution in [0.3, 0.4) is 0 Å². The maximum atomic E-state index is 5.98. The predicted molar refractivity (Wildman–Crippen MR) is 68.9 cm³/mol. The van der Waals surface area contributed by atoms with Gasteiger partial charge in [0.1, 0.15) is 5.69 Å². The molecule has 5 nitrogen and oxygen atoms in total. The van der Waals surface area contributed by atoms with Crippen molar-refractivity contribution in [1.29, 1.82) is 0 Å². The molecule has 3 N–H and O–H groups in total. The van der Waals surface area contributed by atoms with Crippen molar-refractivity contribution in [3.05, 3.63) is 41.6 Å². The first-order chi connectivity index (χ1) is 8.75. The van der Waals surface area contributed by atoms with Crippen molar-refractivity contribution in [3.63, 3.8) is 0 Å². The molecule has 0 saturated heterocycles. The summed E-state index contributed by atoms with van der Waals surface area (Å²) in [5.74, 6) is 0.252. The van der Waals surface area contributed by atoms with E-state index in [1.165, 1.54) is 0 Å². The molecular weight excluding hydrogens is 252 g/mol. The number of nitrogens with zero attached hydrogens (tertiary/aromatic N) is 2. The van der Waals surface area contributed by atoms with E-state index in [4.69, 9.17) is 21.9 Å². The third-order valence-corrected chi connectivity index (χ3v) is 2.82. The monoisotopic (exact) mass is 260 g/mol. The average molecular weight is 261 g/mol. The van der Waals surface area contributed by atoms with Gasteiger partial charge in [0.05, 0.1) is 11.3 Å². The third-order valence-electron chi connectivity index (χ3n) is 2.59. The van der Waals surface area contributed by atoms with Crippen LogP contribution in [0, 0.1) is 0 Å². The van der Waals surface area contributed by atoms with Crippen LogP contribution in [0.15, 0.2) is 41.1 Å². The minimum atomic E-state index is 0.252. The summed E-state index contributed by atoms with van der Waals surface area (Å²) >= 11 is 5.98. The molecule has 0 saturated carbocycles. The van der Waals surface area contributed by atoms with Crippen LogP contribution in [0.1, 0.15) is 0 Å². The van der Waals surface area contributed by atoms with Gasteiger partial charge in [-0.15, -0.1) is 0 Å². The first kappa shape index (κ1) is 10.9. The lowest BCUT2D eigenvalue weighted by molar-refractivity contribution is 0.439. The molecule has 3 rings (SSSR count). The van der Waals surface area contributed by atoms with E-state index < -0.39 is 0 Å². The van der Waals surface area contributed by atoms with Gasteiger partial charge in [-0.05, 0) is 23.8 Å². The molecule has 0 aliphatic carbocycles. The summed E-state index contributed by atoms with van der Waals surface area (Å²) < 4.78 is 5.05. The summed E-state index contributed by atoms with van der Waals surface area (Å²) in [6.45, 7) is 0. The SMILES string of the molecule is Nc1onc(-c2ccn[nH]2)c1-c1cccc(Cl)c1. The van der Waals surface area contributed by atoms with E-state index in [1.807, 2.05) is 18.2 Å².